The monoisotopic (exact) mass is 475 g/mol. The van der Waals surface area contributed by atoms with Gasteiger partial charge in [-0.05, 0) is 25.7 Å². The Balaban J connectivity index is 1.92. The predicted molar refractivity (Wildman–Crippen MR) is 143 cm³/mol. The van der Waals surface area contributed by atoms with Gasteiger partial charge in [0, 0.05) is 13.0 Å². The van der Waals surface area contributed by atoms with Crippen LogP contribution >= 0.6 is 0 Å². The zero-order valence-electron chi connectivity index (χ0n) is 22.2. The molecule has 196 valence electrons. The summed E-state index contributed by atoms with van der Waals surface area (Å²) in [7, 11) is 0. The van der Waals surface area contributed by atoms with Crippen molar-refractivity contribution in [2.45, 2.75) is 129 Å². The van der Waals surface area contributed by atoms with E-state index in [1.807, 2.05) is 6.20 Å². The van der Waals surface area contributed by atoms with Crippen LogP contribution in [0.5, 0.6) is 0 Å². The lowest BCUT2D eigenvalue weighted by Crippen LogP contribution is -2.55. The van der Waals surface area contributed by atoms with E-state index >= 15 is 0 Å². The quantitative estimate of drug-likeness (QED) is 0.0999. The Morgan fingerprint density at radius 2 is 1.35 bits per heavy atom. The molecule has 0 bridgehead atoms. The molecule has 0 fully saturated rings. The van der Waals surface area contributed by atoms with E-state index in [0.717, 1.165) is 25.1 Å². The number of carboxylic acids is 1. The fourth-order valence-corrected chi connectivity index (χ4v) is 4.87. The van der Waals surface area contributed by atoms with Crippen LogP contribution in [0.15, 0.2) is 29.5 Å². The Hall–Kier alpha value is -1.46. The normalized spacial score (nSPS) is 17.6. The third kappa shape index (κ3) is 14.7. The zero-order valence-corrected chi connectivity index (χ0v) is 22.2. The van der Waals surface area contributed by atoms with E-state index in [-0.39, 0.29) is 11.0 Å². The lowest BCUT2D eigenvalue weighted by Gasteiger charge is -2.32. The van der Waals surface area contributed by atoms with Gasteiger partial charge in [-0.15, -0.1) is 0 Å². The molecule has 34 heavy (non-hydrogen) atoms. The second kappa shape index (κ2) is 20.9. The van der Waals surface area contributed by atoms with Crippen LogP contribution in [0.4, 0.5) is 0 Å². The number of unbranched alkanes of at least 4 members (excludes halogenated alkanes) is 16. The van der Waals surface area contributed by atoms with Crippen LogP contribution in [0, 0.1) is 0 Å². The van der Waals surface area contributed by atoms with Crippen LogP contribution in [0.25, 0.3) is 0 Å². The molecule has 0 aromatic carbocycles. The van der Waals surface area contributed by atoms with Crippen molar-refractivity contribution in [3.8, 4) is 0 Å². The van der Waals surface area contributed by atoms with Gasteiger partial charge in [0.1, 0.15) is 19.3 Å². The van der Waals surface area contributed by atoms with Gasteiger partial charge < -0.3 is 15.6 Å². The van der Waals surface area contributed by atoms with Crippen molar-refractivity contribution >= 4 is 11.8 Å². The van der Waals surface area contributed by atoms with Crippen molar-refractivity contribution in [1.29, 1.82) is 0 Å². The first-order chi connectivity index (χ1) is 16.6. The van der Waals surface area contributed by atoms with Gasteiger partial charge >= 0.3 is 0 Å². The van der Waals surface area contributed by atoms with Crippen LogP contribution in [-0.2, 0) is 4.79 Å². The molecule has 5 nitrogen and oxygen atoms in total. The fraction of sp³-hybridized carbons (Fsp3) is 0.793. The first kappa shape index (κ1) is 30.6. The topological polar surface area (TPSA) is 78.5 Å². The maximum absolute atomic E-state index is 11.2. The number of hydrogen-bond acceptors (Lipinski definition) is 4. The largest absolute Gasteiger partial charge is 0.544 e. The van der Waals surface area contributed by atoms with Crippen molar-refractivity contribution < 1.29 is 14.4 Å². The molecule has 0 spiro atoms. The third-order valence-electron chi connectivity index (χ3n) is 6.94. The molecule has 5 heteroatoms. The predicted octanol–water partition coefficient (Wildman–Crippen LogP) is 6.38. The third-order valence-corrected chi connectivity index (χ3v) is 6.94. The smallest absolute Gasteiger partial charge is 0.207 e. The summed E-state index contributed by atoms with van der Waals surface area (Å²) in [6.45, 7) is 3.18. The number of quaternary nitrogens is 1. The van der Waals surface area contributed by atoms with Gasteiger partial charge in [0.05, 0.1) is 12.2 Å². The van der Waals surface area contributed by atoms with Gasteiger partial charge in [-0.1, -0.05) is 109 Å². The molecule has 0 aromatic heterocycles. The Labute approximate surface area is 210 Å². The number of carboxylic acid groups (broad SMARTS) is 1. The molecule has 0 aliphatic carbocycles. The average Bonchev–Trinajstić information content (AvgIpc) is 3.19. The molecule has 0 saturated heterocycles. The molecular formula is C29H53N3O2. The van der Waals surface area contributed by atoms with Gasteiger partial charge in [0.15, 0.2) is 0 Å². The summed E-state index contributed by atoms with van der Waals surface area (Å²) in [4.78, 5) is 15.6. The minimum Gasteiger partial charge on any atom is -0.544 e. The SMILES string of the molecule is CCCCCCCCCCCCCCCCC/C=C/CCCC1=NC=C[N+]1(CCN)CC(=O)[O-]. The van der Waals surface area contributed by atoms with E-state index in [0.29, 0.717) is 13.1 Å². The second-order valence-electron chi connectivity index (χ2n) is 10.0. The summed E-state index contributed by atoms with van der Waals surface area (Å²) < 4.78 is 0.224. The van der Waals surface area contributed by atoms with Crippen LogP contribution < -0.4 is 10.8 Å². The number of aliphatic imine (C=N–C) groups is 1. The number of aliphatic carboxylic acids is 1. The minimum atomic E-state index is -1.06. The Kier molecular flexibility index (Phi) is 18.8. The molecule has 1 rings (SSSR count). The van der Waals surface area contributed by atoms with Crippen molar-refractivity contribution in [1.82, 2.24) is 0 Å². The number of amidine groups is 1. The standard InChI is InChI=1S/C29H53N3O2/c1-2-3-4-5-6-7-8-9-10-11-12-13-14-15-16-17-18-19-20-21-22-28-31-24-26-32(28,25-23-30)27-29(33)34/h18-19,24,26H,2-17,20-23,25,27,30H2,1H3/b19-18+. The highest BCUT2D eigenvalue weighted by Crippen LogP contribution is 2.20. The average molecular weight is 476 g/mol. The lowest BCUT2D eigenvalue weighted by molar-refractivity contribution is -0.780. The second-order valence-corrected chi connectivity index (χ2v) is 10.0. The highest BCUT2D eigenvalue weighted by atomic mass is 16.4. The molecule has 1 unspecified atom stereocenters. The van der Waals surface area contributed by atoms with Crippen molar-refractivity contribution in [2.24, 2.45) is 10.7 Å². The Morgan fingerprint density at radius 3 is 1.85 bits per heavy atom. The molecular weight excluding hydrogens is 422 g/mol. The van der Waals surface area contributed by atoms with Gasteiger partial charge in [-0.3, -0.25) is 0 Å². The van der Waals surface area contributed by atoms with Crippen molar-refractivity contribution in [3.05, 3.63) is 24.6 Å². The maximum Gasteiger partial charge on any atom is 0.207 e. The lowest BCUT2D eigenvalue weighted by atomic mass is 10.0. The summed E-state index contributed by atoms with van der Waals surface area (Å²) in [5.74, 6) is -0.165. The van der Waals surface area contributed by atoms with Crippen molar-refractivity contribution in [3.63, 3.8) is 0 Å². The number of rotatable bonds is 24. The maximum atomic E-state index is 11.2. The molecule has 1 aliphatic heterocycles. The van der Waals surface area contributed by atoms with E-state index in [1.165, 1.54) is 103 Å². The summed E-state index contributed by atoms with van der Waals surface area (Å²) >= 11 is 0. The molecule has 2 N–H and O–H groups in total. The zero-order chi connectivity index (χ0) is 24.7. The van der Waals surface area contributed by atoms with Crippen LogP contribution in [0.3, 0.4) is 0 Å². The Bertz CT molecular complexity index is 600. The first-order valence-electron chi connectivity index (χ1n) is 14.3. The Morgan fingerprint density at radius 1 is 0.853 bits per heavy atom. The van der Waals surface area contributed by atoms with Crippen LogP contribution in [-0.4, -0.2) is 35.9 Å². The van der Waals surface area contributed by atoms with Gasteiger partial charge in [0.25, 0.3) is 0 Å². The van der Waals surface area contributed by atoms with Gasteiger partial charge in [0.2, 0.25) is 5.84 Å². The van der Waals surface area contributed by atoms with E-state index in [1.54, 1.807) is 6.20 Å². The number of allylic oxidation sites excluding steroid dienone is 2. The van der Waals surface area contributed by atoms with E-state index in [4.69, 9.17) is 5.73 Å². The van der Waals surface area contributed by atoms with Crippen molar-refractivity contribution in [2.75, 3.05) is 19.6 Å². The van der Waals surface area contributed by atoms with Crippen LogP contribution in [0.1, 0.15) is 129 Å². The van der Waals surface area contributed by atoms with E-state index in [9.17, 15) is 9.90 Å². The minimum absolute atomic E-state index is 0.0818. The van der Waals surface area contributed by atoms with Gasteiger partial charge in [-0.25, -0.2) is 9.48 Å². The summed E-state index contributed by atoms with van der Waals surface area (Å²) in [5, 5.41) is 11.2. The number of nitrogens with two attached hydrogens (primary N) is 1. The molecule has 0 radical (unpaired) electrons. The number of nitrogens with zero attached hydrogens (tertiary/aromatic N) is 2. The van der Waals surface area contributed by atoms with Crippen LogP contribution in [0.2, 0.25) is 0 Å². The summed E-state index contributed by atoms with van der Waals surface area (Å²) in [6, 6.07) is 0. The highest BCUT2D eigenvalue weighted by molar-refractivity contribution is 5.80. The molecule has 1 aliphatic rings. The van der Waals surface area contributed by atoms with E-state index < -0.39 is 5.97 Å². The molecule has 1 atom stereocenters. The first-order valence-corrected chi connectivity index (χ1v) is 14.3. The molecule has 0 aromatic rings. The van der Waals surface area contributed by atoms with E-state index in [2.05, 4.69) is 24.1 Å². The fourth-order valence-electron chi connectivity index (χ4n) is 4.87. The summed E-state index contributed by atoms with van der Waals surface area (Å²) in [5.41, 5.74) is 5.71. The highest BCUT2D eigenvalue weighted by Gasteiger charge is 2.34. The molecule has 0 amide bonds. The molecule has 1 heterocycles. The number of hydrogen-bond donors (Lipinski definition) is 1. The summed E-state index contributed by atoms with van der Waals surface area (Å²) in [6.07, 6.45) is 33.1. The number of carbonyl (C=O) groups is 1. The number of carbonyl (C=O) groups excluding carboxylic acids is 1. The molecule has 0 saturated carbocycles. The van der Waals surface area contributed by atoms with Gasteiger partial charge in [-0.2, -0.15) is 0 Å².